The van der Waals surface area contributed by atoms with Gasteiger partial charge >= 0.3 is 5.97 Å². The van der Waals surface area contributed by atoms with E-state index in [1.165, 1.54) is 7.11 Å². The molecule has 1 rings (SSSR count). The first-order valence-electron chi connectivity index (χ1n) is 5.86. The molecule has 0 aliphatic rings. The lowest BCUT2D eigenvalue weighted by atomic mass is 9.86. The fourth-order valence-electron chi connectivity index (χ4n) is 1.91. The van der Waals surface area contributed by atoms with E-state index in [0.29, 0.717) is 0 Å². The lowest BCUT2D eigenvalue weighted by molar-refractivity contribution is -0.142. The molecule has 1 aromatic rings. The van der Waals surface area contributed by atoms with Crippen molar-refractivity contribution >= 4 is 5.97 Å². The third-order valence-corrected chi connectivity index (χ3v) is 3.14. The highest BCUT2D eigenvalue weighted by molar-refractivity contribution is 5.69. The van der Waals surface area contributed by atoms with Gasteiger partial charge in [-0.2, -0.15) is 0 Å². The Kier molecular flexibility index (Phi) is 5.16. The molecule has 3 nitrogen and oxygen atoms in total. The molecule has 17 heavy (non-hydrogen) atoms. The van der Waals surface area contributed by atoms with Gasteiger partial charge in [0, 0.05) is 5.92 Å². The summed E-state index contributed by atoms with van der Waals surface area (Å²) in [5.74, 6) is -0.384. The van der Waals surface area contributed by atoms with Crippen molar-refractivity contribution < 1.29 is 14.6 Å². The summed E-state index contributed by atoms with van der Waals surface area (Å²) in [6.45, 7) is 3.83. The molecule has 0 aliphatic carbocycles. The summed E-state index contributed by atoms with van der Waals surface area (Å²) < 4.78 is 4.61. The SMILES string of the molecule is COC(=O)C[C@@H](C)[C@H](O)[C@@H](C)c1ccccc1. The first-order valence-corrected chi connectivity index (χ1v) is 5.86. The molecule has 0 fully saturated rings. The maximum atomic E-state index is 11.2. The van der Waals surface area contributed by atoms with Gasteiger partial charge < -0.3 is 9.84 Å². The van der Waals surface area contributed by atoms with E-state index in [2.05, 4.69) is 4.74 Å². The van der Waals surface area contributed by atoms with E-state index in [1.807, 2.05) is 44.2 Å². The van der Waals surface area contributed by atoms with Gasteiger partial charge in [0.25, 0.3) is 0 Å². The van der Waals surface area contributed by atoms with Crippen LogP contribution in [0.3, 0.4) is 0 Å². The minimum atomic E-state index is -0.545. The molecule has 3 atom stereocenters. The number of hydrogen-bond acceptors (Lipinski definition) is 3. The van der Waals surface area contributed by atoms with Gasteiger partial charge in [0.2, 0.25) is 0 Å². The van der Waals surface area contributed by atoms with Crippen LogP contribution in [0.25, 0.3) is 0 Å². The Hall–Kier alpha value is -1.35. The van der Waals surface area contributed by atoms with Crippen molar-refractivity contribution in [3.8, 4) is 0 Å². The van der Waals surface area contributed by atoms with Crippen LogP contribution in [0.4, 0.5) is 0 Å². The van der Waals surface area contributed by atoms with E-state index in [1.54, 1.807) is 0 Å². The number of carbonyl (C=O) groups is 1. The van der Waals surface area contributed by atoms with Gasteiger partial charge in [-0.25, -0.2) is 0 Å². The summed E-state index contributed by atoms with van der Waals surface area (Å²) >= 11 is 0. The van der Waals surface area contributed by atoms with E-state index in [4.69, 9.17) is 0 Å². The third-order valence-electron chi connectivity index (χ3n) is 3.14. The fourth-order valence-corrected chi connectivity index (χ4v) is 1.91. The smallest absolute Gasteiger partial charge is 0.305 e. The Labute approximate surface area is 102 Å². The van der Waals surface area contributed by atoms with Gasteiger partial charge in [-0.05, 0) is 11.5 Å². The van der Waals surface area contributed by atoms with Crippen LogP contribution >= 0.6 is 0 Å². The highest BCUT2D eigenvalue weighted by Gasteiger charge is 2.24. The Morgan fingerprint density at radius 2 is 1.88 bits per heavy atom. The van der Waals surface area contributed by atoms with Gasteiger partial charge in [-0.3, -0.25) is 4.79 Å². The molecule has 0 bridgehead atoms. The standard InChI is InChI=1S/C14H20O3/c1-10(9-13(15)17-3)14(16)11(2)12-7-5-4-6-8-12/h4-8,10-11,14,16H,9H2,1-3H3/t10-,11+,14+/m1/s1. The first kappa shape index (κ1) is 13.7. The average molecular weight is 236 g/mol. The van der Waals surface area contributed by atoms with Crippen LogP contribution in [0.15, 0.2) is 30.3 Å². The first-order chi connectivity index (χ1) is 8.06. The van der Waals surface area contributed by atoms with Crippen molar-refractivity contribution in [3.05, 3.63) is 35.9 Å². The number of rotatable bonds is 5. The average Bonchev–Trinajstić information content (AvgIpc) is 2.37. The predicted octanol–water partition coefficient (Wildman–Crippen LogP) is 2.35. The van der Waals surface area contributed by atoms with Crippen LogP contribution in [0.5, 0.6) is 0 Å². The summed E-state index contributed by atoms with van der Waals surface area (Å²) in [7, 11) is 1.36. The number of esters is 1. The Balaban J connectivity index is 2.63. The molecular weight excluding hydrogens is 216 g/mol. The predicted molar refractivity (Wildman–Crippen MR) is 66.7 cm³/mol. The normalized spacial score (nSPS) is 16.0. The molecule has 0 amide bonds. The zero-order valence-electron chi connectivity index (χ0n) is 10.6. The molecule has 0 unspecified atom stereocenters. The van der Waals surface area contributed by atoms with Crippen molar-refractivity contribution in [1.29, 1.82) is 0 Å². The summed E-state index contributed by atoms with van der Waals surface area (Å²) in [5, 5.41) is 10.2. The lowest BCUT2D eigenvalue weighted by Gasteiger charge is -2.24. The summed E-state index contributed by atoms with van der Waals surface area (Å²) in [5.41, 5.74) is 1.08. The van der Waals surface area contributed by atoms with E-state index in [-0.39, 0.29) is 24.2 Å². The van der Waals surface area contributed by atoms with Gasteiger partial charge in [-0.15, -0.1) is 0 Å². The largest absolute Gasteiger partial charge is 0.469 e. The number of aliphatic hydroxyl groups is 1. The van der Waals surface area contributed by atoms with Crippen molar-refractivity contribution in [2.24, 2.45) is 5.92 Å². The molecular formula is C14H20O3. The van der Waals surface area contributed by atoms with Crippen LogP contribution in [-0.4, -0.2) is 24.3 Å². The van der Waals surface area contributed by atoms with E-state index in [9.17, 15) is 9.90 Å². The molecule has 0 aliphatic heterocycles. The molecule has 3 heteroatoms. The van der Waals surface area contributed by atoms with E-state index >= 15 is 0 Å². The van der Waals surface area contributed by atoms with Gasteiger partial charge in [0.15, 0.2) is 0 Å². The van der Waals surface area contributed by atoms with E-state index in [0.717, 1.165) is 5.56 Å². The summed E-state index contributed by atoms with van der Waals surface area (Å²) in [6, 6.07) is 9.81. The fraction of sp³-hybridized carbons (Fsp3) is 0.500. The van der Waals surface area contributed by atoms with Crippen LogP contribution in [0.1, 0.15) is 31.7 Å². The molecule has 0 spiro atoms. The Morgan fingerprint density at radius 1 is 1.29 bits per heavy atom. The van der Waals surface area contributed by atoms with Gasteiger partial charge in [0.05, 0.1) is 19.6 Å². The highest BCUT2D eigenvalue weighted by atomic mass is 16.5. The van der Waals surface area contributed by atoms with Crippen LogP contribution in [0.2, 0.25) is 0 Å². The maximum Gasteiger partial charge on any atom is 0.305 e. The zero-order valence-corrected chi connectivity index (χ0v) is 10.6. The molecule has 0 heterocycles. The topological polar surface area (TPSA) is 46.5 Å². The second-order valence-corrected chi connectivity index (χ2v) is 4.45. The number of aliphatic hydroxyl groups excluding tert-OH is 1. The minimum absolute atomic E-state index is 0.0101. The van der Waals surface area contributed by atoms with Gasteiger partial charge in [-0.1, -0.05) is 44.2 Å². The van der Waals surface area contributed by atoms with Crippen LogP contribution in [-0.2, 0) is 9.53 Å². The van der Waals surface area contributed by atoms with Crippen molar-refractivity contribution in [1.82, 2.24) is 0 Å². The number of benzene rings is 1. The number of ether oxygens (including phenoxy) is 1. The van der Waals surface area contributed by atoms with Crippen LogP contribution < -0.4 is 0 Å². The molecule has 0 saturated carbocycles. The van der Waals surface area contributed by atoms with E-state index < -0.39 is 6.10 Å². The highest BCUT2D eigenvalue weighted by Crippen LogP contribution is 2.25. The Morgan fingerprint density at radius 3 is 2.41 bits per heavy atom. The maximum absolute atomic E-state index is 11.2. The van der Waals surface area contributed by atoms with Gasteiger partial charge in [0.1, 0.15) is 0 Å². The lowest BCUT2D eigenvalue weighted by Crippen LogP contribution is -2.26. The molecule has 94 valence electrons. The molecule has 0 aromatic heterocycles. The van der Waals surface area contributed by atoms with Crippen molar-refractivity contribution in [2.75, 3.05) is 7.11 Å². The second-order valence-electron chi connectivity index (χ2n) is 4.45. The minimum Gasteiger partial charge on any atom is -0.469 e. The number of methoxy groups -OCH3 is 1. The molecule has 0 saturated heterocycles. The molecule has 1 aromatic carbocycles. The number of carbonyl (C=O) groups excluding carboxylic acids is 1. The zero-order chi connectivity index (χ0) is 12.8. The molecule has 1 N–H and O–H groups in total. The second kappa shape index (κ2) is 6.40. The molecule has 0 radical (unpaired) electrons. The summed E-state index contributed by atoms with van der Waals surface area (Å²) in [6.07, 6.45) is -0.300. The third kappa shape index (κ3) is 3.86. The van der Waals surface area contributed by atoms with Crippen molar-refractivity contribution in [3.63, 3.8) is 0 Å². The van der Waals surface area contributed by atoms with Crippen LogP contribution in [0, 0.1) is 5.92 Å². The summed E-state index contributed by atoms with van der Waals surface area (Å²) in [4.78, 5) is 11.2. The van der Waals surface area contributed by atoms with Crippen molar-refractivity contribution in [2.45, 2.75) is 32.3 Å². The quantitative estimate of drug-likeness (QED) is 0.798. The number of hydrogen-bond donors (Lipinski definition) is 1. The Bertz CT molecular complexity index is 348. The monoisotopic (exact) mass is 236 g/mol.